The van der Waals surface area contributed by atoms with Crippen molar-refractivity contribution in [1.82, 2.24) is 29.5 Å². The highest BCUT2D eigenvalue weighted by atomic mass is 16.5. The molecular formula is C26H23N7O4. The lowest BCUT2D eigenvalue weighted by Gasteiger charge is -2.27. The predicted octanol–water partition coefficient (Wildman–Crippen LogP) is 1.76. The molecule has 2 unspecified atom stereocenters. The molecule has 3 aliphatic rings. The topological polar surface area (TPSA) is 158 Å². The third-order valence-electron chi connectivity index (χ3n) is 6.75. The molecule has 5 heterocycles. The molecule has 0 radical (unpaired) electrons. The summed E-state index contributed by atoms with van der Waals surface area (Å²) in [6.45, 7) is 3.12. The van der Waals surface area contributed by atoms with Crippen LogP contribution in [-0.2, 0) is 12.6 Å². The highest BCUT2D eigenvalue weighted by Gasteiger charge is 2.38. The van der Waals surface area contributed by atoms with E-state index >= 15 is 0 Å². The number of carbonyl (C=O) groups is 1. The van der Waals surface area contributed by atoms with E-state index in [-0.39, 0.29) is 17.6 Å². The Morgan fingerprint density at radius 1 is 1.30 bits per heavy atom. The van der Waals surface area contributed by atoms with Gasteiger partial charge in [0.05, 0.1) is 17.4 Å². The van der Waals surface area contributed by atoms with Crippen molar-refractivity contribution >= 4 is 11.5 Å². The second kappa shape index (κ2) is 7.99. The van der Waals surface area contributed by atoms with Gasteiger partial charge >= 0.3 is 0 Å². The van der Waals surface area contributed by atoms with Gasteiger partial charge in [-0.25, -0.2) is 4.98 Å². The number of hydrogen-bond donors (Lipinski definition) is 3. The van der Waals surface area contributed by atoms with E-state index in [2.05, 4.69) is 38.1 Å². The molecular weight excluding hydrogens is 474 g/mol. The van der Waals surface area contributed by atoms with E-state index in [1.807, 2.05) is 22.8 Å². The first-order valence-corrected chi connectivity index (χ1v) is 11.6. The normalized spacial score (nSPS) is 17.8. The van der Waals surface area contributed by atoms with Gasteiger partial charge in [-0.15, -0.1) is 0 Å². The maximum atomic E-state index is 12.5. The van der Waals surface area contributed by atoms with Crippen LogP contribution in [0, 0.1) is 18.8 Å². The van der Waals surface area contributed by atoms with Crippen LogP contribution in [0.5, 0.6) is 0 Å². The summed E-state index contributed by atoms with van der Waals surface area (Å²) in [6.07, 6.45) is 3.23. The Bertz CT molecular complexity index is 1680. The Morgan fingerprint density at radius 3 is 2.73 bits per heavy atom. The van der Waals surface area contributed by atoms with Crippen LogP contribution in [0.2, 0.25) is 0 Å². The SMILES string of the molecule is Cc1nc([C@](C)(O)C#Cc2ccc3c(c2)-c2nc(C(N)=O)c(C(O)c4ccnn4C)n2C2C=C3C2)no1. The smallest absolute Gasteiger partial charge is 0.269 e. The third kappa shape index (κ3) is 3.57. The largest absolute Gasteiger partial charge is 0.380 e. The number of benzene rings is 1. The molecule has 2 bridgehead atoms. The maximum Gasteiger partial charge on any atom is 0.269 e. The fourth-order valence-corrected chi connectivity index (χ4v) is 4.83. The van der Waals surface area contributed by atoms with E-state index in [1.165, 1.54) is 6.92 Å². The third-order valence-corrected chi connectivity index (χ3v) is 6.75. The Morgan fingerprint density at radius 2 is 2.08 bits per heavy atom. The van der Waals surface area contributed by atoms with Gasteiger partial charge in [0.2, 0.25) is 11.7 Å². The lowest BCUT2D eigenvalue weighted by Crippen LogP contribution is -2.22. The van der Waals surface area contributed by atoms with Gasteiger partial charge in [0.15, 0.2) is 11.3 Å². The zero-order chi connectivity index (χ0) is 26.1. The first-order valence-electron chi connectivity index (χ1n) is 11.6. The van der Waals surface area contributed by atoms with Crippen LogP contribution in [-0.4, -0.2) is 45.6 Å². The second-order valence-electron chi connectivity index (χ2n) is 9.37. The minimum atomic E-state index is -1.62. The molecule has 1 aromatic carbocycles. The van der Waals surface area contributed by atoms with Crippen LogP contribution in [0.3, 0.4) is 0 Å². The fraction of sp³-hybridized carbons (Fsp3) is 0.269. The van der Waals surface area contributed by atoms with Gasteiger partial charge in [-0.05, 0) is 42.7 Å². The average Bonchev–Trinajstić information content (AvgIpc) is 3.53. The van der Waals surface area contributed by atoms with Crippen molar-refractivity contribution in [1.29, 1.82) is 0 Å². The molecule has 0 spiro atoms. The molecule has 11 heteroatoms. The summed E-state index contributed by atoms with van der Waals surface area (Å²) in [7, 11) is 1.72. The van der Waals surface area contributed by atoms with Gasteiger partial charge in [0, 0.05) is 31.3 Å². The standard InChI is InChI=1S/C26H23N7O4/c1-13-29-25(31-37-13)26(2,36)8-6-14-4-5-17-15-11-16(12-15)33-21(22(34)19-7-9-28-32(19)3)20(23(27)35)30-24(33)18(17)10-14/h4-5,7,9-11,16,22,34,36H,12H2,1-3H3,(H2,27,35)/t16?,22?,26-/m1/s1. The van der Waals surface area contributed by atoms with Crippen molar-refractivity contribution < 1.29 is 19.5 Å². The molecule has 0 saturated carbocycles. The number of primary amides is 1. The lowest BCUT2D eigenvalue weighted by molar-refractivity contribution is 0.0988. The Kier molecular flexibility index (Phi) is 4.95. The minimum absolute atomic E-state index is 0.00490. The molecule has 3 aromatic heterocycles. The summed E-state index contributed by atoms with van der Waals surface area (Å²) in [5.74, 6) is 5.98. The highest BCUT2D eigenvalue weighted by Crippen LogP contribution is 2.49. The van der Waals surface area contributed by atoms with Gasteiger partial charge in [0.25, 0.3) is 5.91 Å². The molecule has 3 atom stereocenters. The Labute approximate surface area is 211 Å². The summed E-state index contributed by atoms with van der Waals surface area (Å²) in [5.41, 5.74) is 8.41. The molecule has 1 amide bonds. The summed E-state index contributed by atoms with van der Waals surface area (Å²) < 4.78 is 8.39. The molecule has 186 valence electrons. The summed E-state index contributed by atoms with van der Waals surface area (Å²) in [6, 6.07) is 7.25. The number of amides is 1. The van der Waals surface area contributed by atoms with E-state index < -0.39 is 17.6 Å². The van der Waals surface area contributed by atoms with E-state index in [1.54, 1.807) is 30.9 Å². The molecule has 7 rings (SSSR count). The van der Waals surface area contributed by atoms with Crippen LogP contribution in [0.25, 0.3) is 17.0 Å². The van der Waals surface area contributed by atoms with Gasteiger partial charge in [-0.3, -0.25) is 9.48 Å². The van der Waals surface area contributed by atoms with Crippen molar-refractivity contribution in [3.8, 4) is 23.2 Å². The average molecular weight is 498 g/mol. The molecule has 2 aliphatic heterocycles. The molecule has 11 nitrogen and oxygen atoms in total. The van der Waals surface area contributed by atoms with E-state index in [4.69, 9.17) is 10.3 Å². The number of nitrogens with two attached hydrogens (primary N) is 1. The number of aryl methyl sites for hydroxylation is 2. The maximum absolute atomic E-state index is 12.5. The number of nitrogens with zero attached hydrogens (tertiary/aromatic N) is 6. The predicted molar refractivity (Wildman–Crippen MR) is 131 cm³/mol. The van der Waals surface area contributed by atoms with Crippen molar-refractivity contribution in [2.75, 3.05) is 0 Å². The quantitative estimate of drug-likeness (QED) is 0.360. The highest BCUT2D eigenvalue weighted by molar-refractivity contribution is 5.94. The fourth-order valence-electron chi connectivity index (χ4n) is 4.83. The van der Waals surface area contributed by atoms with Crippen molar-refractivity contribution in [2.24, 2.45) is 12.8 Å². The minimum Gasteiger partial charge on any atom is -0.380 e. The first-order chi connectivity index (χ1) is 17.6. The summed E-state index contributed by atoms with van der Waals surface area (Å²) >= 11 is 0. The summed E-state index contributed by atoms with van der Waals surface area (Å²) in [5, 5.41) is 30.0. The van der Waals surface area contributed by atoms with Crippen LogP contribution < -0.4 is 5.73 Å². The van der Waals surface area contributed by atoms with Gasteiger partial charge in [-0.2, -0.15) is 10.1 Å². The molecule has 0 fully saturated rings. The summed E-state index contributed by atoms with van der Waals surface area (Å²) in [4.78, 5) is 21.2. The van der Waals surface area contributed by atoms with E-state index in [9.17, 15) is 15.0 Å². The Hall–Kier alpha value is -4.53. The number of carbonyl (C=O) groups excluding carboxylic acids is 1. The lowest BCUT2D eigenvalue weighted by atomic mass is 9.86. The second-order valence-corrected chi connectivity index (χ2v) is 9.37. The number of aliphatic hydroxyl groups excluding tert-OH is 1. The molecule has 37 heavy (non-hydrogen) atoms. The van der Waals surface area contributed by atoms with Gasteiger partial charge in [0.1, 0.15) is 11.9 Å². The van der Waals surface area contributed by atoms with Crippen LogP contribution in [0.4, 0.5) is 0 Å². The zero-order valence-electron chi connectivity index (χ0n) is 20.3. The number of aliphatic hydroxyl groups is 2. The van der Waals surface area contributed by atoms with Crippen molar-refractivity contribution in [3.05, 3.63) is 76.5 Å². The molecule has 0 saturated heterocycles. The van der Waals surface area contributed by atoms with Crippen molar-refractivity contribution in [3.63, 3.8) is 0 Å². The van der Waals surface area contributed by atoms with Crippen LogP contribution in [0.15, 0.2) is 41.1 Å². The van der Waals surface area contributed by atoms with Crippen molar-refractivity contribution in [2.45, 2.75) is 38.0 Å². The Balaban J connectivity index is 1.49. The van der Waals surface area contributed by atoms with Gasteiger partial charge < -0.3 is 25.0 Å². The van der Waals surface area contributed by atoms with E-state index in [0.717, 1.165) is 23.1 Å². The monoisotopic (exact) mass is 497 g/mol. The molecule has 1 aliphatic carbocycles. The van der Waals surface area contributed by atoms with Gasteiger partial charge in [-0.1, -0.05) is 29.1 Å². The number of hydrogen-bond acceptors (Lipinski definition) is 8. The number of allylic oxidation sites excluding steroid dienone is 2. The number of aromatic nitrogens is 6. The molecule has 4 aromatic rings. The van der Waals surface area contributed by atoms with E-state index in [0.29, 0.717) is 28.7 Å². The zero-order valence-corrected chi connectivity index (χ0v) is 20.3. The van der Waals surface area contributed by atoms with Crippen LogP contribution in [0.1, 0.15) is 70.2 Å². The van der Waals surface area contributed by atoms with Crippen LogP contribution >= 0.6 is 0 Å². The molecule has 4 N–H and O–H groups in total. The number of rotatable bonds is 4. The first kappa shape index (κ1) is 22.9. The number of imidazole rings is 1.